The number of nitrogens with one attached hydrogen (secondary N) is 1. The van der Waals surface area contributed by atoms with E-state index >= 15 is 0 Å². The molecule has 2 atom stereocenters. The van der Waals surface area contributed by atoms with Crippen molar-refractivity contribution in [3.63, 3.8) is 0 Å². The Bertz CT molecular complexity index is 934. The van der Waals surface area contributed by atoms with Crippen LogP contribution in [0, 0.1) is 0 Å². The zero-order valence-corrected chi connectivity index (χ0v) is 19.8. The lowest BCUT2D eigenvalue weighted by atomic mass is 9.85. The highest BCUT2D eigenvalue weighted by Crippen LogP contribution is 2.40. The Morgan fingerprint density at radius 1 is 0.941 bits per heavy atom. The third kappa shape index (κ3) is 6.14. The van der Waals surface area contributed by atoms with E-state index in [4.69, 9.17) is 14.2 Å². The summed E-state index contributed by atoms with van der Waals surface area (Å²) < 4.78 is 16.8. The molecule has 0 aromatic heterocycles. The van der Waals surface area contributed by atoms with Crippen LogP contribution in [0.25, 0.3) is 0 Å². The molecule has 0 bridgehead atoms. The molecule has 4 N–H and O–H groups in total. The summed E-state index contributed by atoms with van der Waals surface area (Å²) in [6.07, 6.45) is 8.22. The normalized spacial score (nSPS) is 18.7. The summed E-state index contributed by atoms with van der Waals surface area (Å²) in [5, 5.41) is 33.7. The lowest BCUT2D eigenvalue weighted by molar-refractivity contribution is 0.113. The molecular weight excluding hydrogens is 434 g/mol. The van der Waals surface area contributed by atoms with E-state index in [-0.39, 0.29) is 17.5 Å². The second-order valence-electron chi connectivity index (χ2n) is 9.18. The number of ether oxygens (including phenoxy) is 3. The third-order valence-corrected chi connectivity index (χ3v) is 6.79. The Morgan fingerprint density at radius 3 is 2.65 bits per heavy atom. The molecule has 0 unspecified atom stereocenters. The first kappa shape index (κ1) is 24.6. The van der Waals surface area contributed by atoms with Crippen molar-refractivity contribution in [1.29, 1.82) is 0 Å². The van der Waals surface area contributed by atoms with Gasteiger partial charge in [-0.2, -0.15) is 0 Å². The molecule has 0 saturated carbocycles. The standard InChI is InChI=1S/C27H37NO6/c29-23-14-12-20-21(26(23)31)11-13-22(25(20)30)28-15-4-1-2-5-16-32-17-6-3-8-19-9-7-10-24-27(19)34-18-33-24/h7,9-10,12,14,22,25,28-31H,1-6,8,11,13,15-18H2/t22-,25-/m1/s1. The van der Waals surface area contributed by atoms with Gasteiger partial charge >= 0.3 is 0 Å². The summed E-state index contributed by atoms with van der Waals surface area (Å²) in [6.45, 7) is 2.78. The van der Waals surface area contributed by atoms with Crippen LogP contribution in [-0.4, -0.2) is 47.9 Å². The van der Waals surface area contributed by atoms with Crippen molar-refractivity contribution < 1.29 is 29.5 Å². The number of rotatable bonds is 13. The highest BCUT2D eigenvalue weighted by atomic mass is 16.7. The van der Waals surface area contributed by atoms with Gasteiger partial charge in [0, 0.05) is 24.8 Å². The smallest absolute Gasteiger partial charge is 0.231 e. The van der Waals surface area contributed by atoms with Gasteiger partial charge in [-0.05, 0) is 74.8 Å². The summed E-state index contributed by atoms with van der Waals surface area (Å²) in [6, 6.07) is 9.21. The van der Waals surface area contributed by atoms with E-state index in [1.807, 2.05) is 12.1 Å². The van der Waals surface area contributed by atoms with E-state index in [9.17, 15) is 15.3 Å². The van der Waals surface area contributed by atoms with Gasteiger partial charge in [-0.25, -0.2) is 0 Å². The first-order valence-corrected chi connectivity index (χ1v) is 12.6. The van der Waals surface area contributed by atoms with E-state index in [1.165, 1.54) is 11.6 Å². The predicted molar refractivity (Wildman–Crippen MR) is 130 cm³/mol. The molecule has 2 aromatic rings. The van der Waals surface area contributed by atoms with E-state index in [1.54, 1.807) is 6.07 Å². The highest BCUT2D eigenvalue weighted by molar-refractivity contribution is 5.51. The van der Waals surface area contributed by atoms with Crippen molar-refractivity contribution >= 4 is 0 Å². The fraction of sp³-hybridized carbons (Fsp3) is 0.556. The first-order valence-electron chi connectivity index (χ1n) is 12.6. The molecule has 0 saturated heterocycles. The average molecular weight is 472 g/mol. The minimum absolute atomic E-state index is 0.0178. The number of phenols is 2. The molecular formula is C27H37NO6. The van der Waals surface area contributed by atoms with Crippen LogP contribution in [0.3, 0.4) is 0 Å². The van der Waals surface area contributed by atoms with Gasteiger partial charge in [0.25, 0.3) is 0 Å². The van der Waals surface area contributed by atoms with Crippen molar-refractivity contribution in [2.24, 2.45) is 0 Å². The number of para-hydroxylation sites is 1. The van der Waals surface area contributed by atoms with E-state index in [0.29, 0.717) is 24.3 Å². The quantitative estimate of drug-likeness (QED) is 0.254. The number of fused-ring (bicyclic) bond motifs is 2. The van der Waals surface area contributed by atoms with Crippen molar-refractivity contribution in [3.8, 4) is 23.0 Å². The zero-order valence-electron chi connectivity index (χ0n) is 19.8. The number of aromatic hydroxyl groups is 2. The van der Waals surface area contributed by atoms with Crippen LogP contribution in [0.2, 0.25) is 0 Å². The molecule has 34 heavy (non-hydrogen) atoms. The van der Waals surface area contributed by atoms with Crippen LogP contribution in [0.5, 0.6) is 23.0 Å². The molecule has 4 rings (SSSR count). The van der Waals surface area contributed by atoms with E-state index < -0.39 is 6.10 Å². The van der Waals surface area contributed by atoms with Gasteiger partial charge in [0.1, 0.15) is 0 Å². The van der Waals surface area contributed by atoms with Crippen molar-refractivity contribution in [2.75, 3.05) is 26.6 Å². The van der Waals surface area contributed by atoms with Gasteiger partial charge in [-0.1, -0.05) is 31.0 Å². The van der Waals surface area contributed by atoms with E-state index in [0.717, 1.165) is 82.6 Å². The number of aryl methyl sites for hydroxylation is 1. The zero-order chi connectivity index (χ0) is 23.8. The second kappa shape index (κ2) is 12.3. The van der Waals surface area contributed by atoms with Crippen molar-refractivity contribution in [3.05, 3.63) is 47.0 Å². The largest absolute Gasteiger partial charge is 0.504 e. The summed E-state index contributed by atoms with van der Waals surface area (Å²) in [5.41, 5.74) is 2.59. The first-order chi connectivity index (χ1) is 16.6. The molecule has 0 radical (unpaired) electrons. The minimum Gasteiger partial charge on any atom is -0.504 e. The topological polar surface area (TPSA) is 100 Å². The molecule has 7 heteroatoms. The predicted octanol–water partition coefficient (Wildman–Crippen LogP) is 4.36. The van der Waals surface area contributed by atoms with E-state index in [2.05, 4.69) is 11.4 Å². The van der Waals surface area contributed by atoms with Gasteiger partial charge in [0.2, 0.25) is 6.79 Å². The number of hydrogen-bond donors (Lipinski definition) is 4. The summed E-state index contributed by atoms with van der Waals surface area (Å²) in [7, 11) is 0. The van der Waals surface area contributed by atoms with Crippen LogP contribution in [0.4, 0.5) is 0 Å². The van der Waals surface area contributed by atoms with Gasteiger partial charge in [0.05, 0.1) is 6.10 Å². The van der Waals surface area contributed by atoms with Gasteiger partial charge in [-0.15, -0.1) is 0 Å². The summed E-state index contributed by atoms with van der Waals surface area (Å²) in [5.74, 6) is 1.54. The average Bonchev–Trinajstić information content (AvgIpc) is 3.33. The Morgan fingerprint density at radius 2 is 1.76 bits per heavy atom. The Balaban J connectivity index is 0.998. The molecule has 0 amide bonds. The lowest BCUT2D eigenvalue weighted by Gasteiger charge is -2.31. The number of aliphatic hydroxyl groups excluding tert-OH is 1. The summed E-state index contributed by atoms with van der Waals surface area (Å²) in [4.78, 5) is 0. The molecule has 1 aliphatic heterocycles. The minimum atomic E-state index is -0.660. The number of benzene rings is 2. The Kier molecular flexibility index (Phi) is 8.91. The Hall–Kier alpha value is -2.48. The summed E-state index contributed by atoms with van der Waals surface area (Å²) >= 11 is 0. The molecule has 0 fully saturated rings. The van der Waals surface area contributed by atoms with Crippen LogP contribution >= 0.6 is 0 Å². The molecule has 0 spiro atoms. The van der Waals surface area contributed by atoms with Gasteiger partial charge in [0.15, 0.2) is 23.0 Å². The number of aliphatic hydroxyl groups is 1. The fourth-order valence-corrected chi connectivity index (χ4v) is 4.85. The fourth-order valence-electron chi connectivity index (χ4n) is 4.85. The Labute approximate surface area is 201 Å². The maximum absolute atomic E-state index is 10.6. The number of unbranched alkanes of at least 4 members (excludes halogenated alkanes) is 4. The van der Waals surface area contributed by atoms with Crippen LogP contribution in [-0.2, 0) is 17.6 Å². The molecule has 7 nitrogen and oxygen atoms in total. The maximum Gasteiger partial charge on any atom is 0.231 e. The molecule has 1 heterocycles. The van der Waals surface area contributed by atoms with Crippen LogP contribution < -0.4 is 14.8 Å². The van der Waals surface area contributed by atoms with Gasteiger partial charge < -0.3 is 34.8 Å². The number of hydrogen-bond acceptors (Lipinski definition) is 7. The lowest BCUT2D eigenvalue weighted by Crippen LogP contribution is -2.38. The molecule has 2 aromatic carbocycles. The SMILES string of the molecule is Oc1ccc2c(c1O)CC[C@@H](NCCCCCCOCCCCc1cccc3c1OCO3)[C@@H]2O. The maximum atomic E-state index is 10.6. The third-order valence-electron chi connectivity index (χ3n) is 6.79. The second-order valence-corrected chi connectivity index (χ2v) is 9.18. The molecule has 186 valence electrons. The van der Waals surface area contributed by atoms with Gasteiger partial charge in [-0.3, -0.25) is 0 Å². The number of phenolic OH excluding ortho intramolecular Hbond substituents is 2. The van der Waals surface area contributed by atoms with Crippen molar-refractivity contribution in [1.82, 2.24) is 5.32 Å². The van der Waals surface area contributed by atoms with Crippen LogP contribution in [0.1, 0.15) is 67.7 Å². The molecule has 1 aliphatic carbocycles. The molecule has 2 aliphatic rings. The van der Waals surface area contributed by atoms with Crippen molar-refractivity contribution in [2.45, 2.75) is 69.9 Å². The van der Waals surface area contributed by atoms with Crippen LogP contribution in [0.15, 0.2) is 30.3 Å². The monoisotopic (exact) mass is 471 g/mol. The highest BCUT2D eigenvalue weighted by Gasteiger charge is 2.29.